The molecule has 8 atom stereocenters. The van der Waals surface area contributed by atoms with Crippen LogP contribution in [-0.4, -0.2) is 63.7 Å². The van der Waals surface area contributed by atoms with Gasteiger partial charge in [-0.2, -0.15) is 0 Å². The zero-order chi connectivity index (χ0) is 23.8. The lowest BCUT2D eigenvalue weighted by molar-refractivity contribution is -0.123. The van der Waals surface area contributed by atoms with E-state index in [1.54, 1.807) is 6.92 Å². The quantitative estimate of drug-likeness (QED) is 0.282. The van der Waals surface area contributed by atoms with E-state index >= 15 is 0 Å². The summed E-state index contributed by atoms with van der Waals surface area (Å²) < 4.78 is 50.2. The van der Waals surface area contributed by atoms with Gasteiger partial charge < -0.3 is 17.8 Å². The van der Waals surface area contributed by atoms with Gasteiger partial charge in [0.15, 0.2) is 5.78 Å². The molecule has 0 aromatic carbocycles. The molecular weight excluding hydrogens is 420 g/mol. The molecule has 0 amide bonds. The topological polar surface area (TPSA) is 54.0 Å². The average Bonchev–Trinajstić information content (AvgIpc) is 3.09. The number of carbonyl (C=O) groups is 1. The highest BCUT2D eigenvalue weighted by Crippen LogP contribution is 2.43. The molecule has 0 bridgehead atoms. The molecule has 0 aliphatic carbocycles. The molecule has 0 N–H and O–H groups in total. The number of Topliss-reactive ketones (excluding diaryl/α,β-unsaturated/α-hetero) is 1. The molecule has 11 heteroatoms. The molecule has 2 saturated heterocycles. The number of ether oxygens (including phenoxy) is 2. The Morgan fingerprint density at radius 3 is 2.11 bits per heavy atom. The highest BCUT2D eigenvalue weighted by Gasteiger charge is 2.45. The van der Waals surface area contributed by atoms with Crippen molar-refractivity contribution in [2.75, 3.05) is 13.2 Å². The highest BCUT2D eigenvalue weighted by molar-refractivity contribution is 8.53. The number of rotatable bonds is 10. The summed E-state index contributed by atoms with van der Waals surface area (Å²) in [6, 6.07) is 0. The maximum atomic E-state index is 11.4. The van der Waals surface area contributed by atoms with Crippen LogP contribution >= 0.6 is 38.5 Å². The molecule has 2 aliphatic rings. The Kier molecular flexibility index (Phi) is 9.54. The Labute approximate surface area is 183 Å². The van der Waals surface area contributed by atoms with Gasteiger partial charge >= 0.3 is 0 Å². The first-order chi connectivity index (χ1) is 14.4. The first-order valence-electron chi connectivity index (χ1n) is 10.9. The van der Waals surface area contributed by atoms with Crippen molar-refractivity contribution in [1.82, 2.24) is 0 Å². The van der Waals surface area contributed by atoms with Gasteiger partial charge in [0.05, 0.1) is 34.1 Å². The summed E-state index contributed by atoms with van der Waals surface area (Å²) in [6.45, 7) is 13.1. The van der Waals surface area contributed by atoms with Gasteiger partial charge in [0, 0.05) is 29.2 Å². The molecule has 2 heterocycles. The molecule has 2 fully saturated rings. The second-order valence-corrected chi connectivity index (χ2v) is 10.7. The zero-order valence-electron chi connectivity index (χ0n) is 20.8. The lowest BCUT2D eigenvalue weighted by atomic mass is 9.76. The number of hydrogen-bond acceptors (Lipinski definition) is 7. The molecule has 154 valence electrons. The van der Waals surface area contributed by atoms with E-state index in [9.17, 15) is 4.79 Å². The van der Waals surface area contributed by atoms with Crippen LogP contribution in [0.1, 0.15) is 41.5 Å². The lowest BCUT2D eigenvalue weighted by Gasteiger charge is -2.26. The summed E-state index contributed by atoms with van der Waals surface area (Å²) in [5.41, 5.74) is 0.173. The maximum absolute atomic E-state index is 11.4. The highest BCUT2D eigenvalue weighted by atomic mass is 32.7. The molecule has 0 spiro atoms. The number of ketones is 1. The monoisotopic (exact) mass is 458 g/mol. The minimum absolute atomic E-state index is 0.103. The van der Waals surface area contributed by atoms with Gasteiger partial charge in [-0.05, 0) is 27.9 Å². The zero-order valence-corrected chi connectivity index (χ0v) is 20.2. The maximum Gasteiger partial charge on any atom is 0.166 e. The van der Waals surface area contributed by atoms with Crippen molar-refractivity contribution in [3.05, 3.63) is 0 Å². The molecular formula is C16H32B2O5P2S2. The van der Waals surface area contributed by atoms with Crippen LogP contribution in [0.2, 0.25) is 0 Å². The predicted octanol–water partition coefficient (Wildman–Crippen LogP) is 3.56. The molecule has 0 aromatic heterocycles. The van der Waals surface area contributed by atoms with E-state index in [2.05, 4.69) is 27.7 Å². The number of carbonyl (C=O) groups excluding carboxylic acids is 1. The molecule has 0 saturated carbocycles. The Morgan fingerprint density at radius 2 is 1.70 bits per heavy atom. The van der Waals surface area contributed by atoms with Crippen molar-refractivity contribution in [2.45, 2.75) is 66.0 Å². The minimum Gasteiger partial charge on any atom is -0.372 e. The van der Waals surface area contributed by atoms with E-state index in [4.69, 9.17) is 23.1 Å². The SMILES string of the molecule is [2H]P([B][3H])SOCC1OC(C)C(=O)[C@@H]1C.[2H]P([B][3H])SOCC1OC(C)C(C)(C)[C@@H]1C. The standard InChI is InChI=1S/C9H19BO2PS.C7H13BO3PS/c1-6-8(5-11-14-13-10)12-7(2)9(6,3)4;1-4-6(3-10-13-12-8)11-5(2)7(4)9/h6-8,10,13H,5H2,1-4H3;4-6,8,12H,3H2,1-2H3/t6-,7?,8?,13?;4-,5?,6?,12?/m11/s1/i10T,13D;8T,12D. The summed E-state index contributed by atoms with van der Waals surface area (Å²) in [6.07, 6.45) is -0.221. The van der Waals surface area contributed by atoms with E-state index in [0.29, 0.717) is 19.1 Å². The van der Waals surface area contributed by atoms with Crippen molar-refractivity contribution < 1.29 is 22.6 Å². The van der Waals surface area contributed by atoms with Gasteiger partial charge in [-0.1, -0.05) is 42.9 Å². The summed E-state index contributed by atoms with van der Waals surface area (Å²) in [7, 11) is -0.342. The van der Waals surface area contributed by atoms with Crippen LogP contribution < -0.4 is 0 Å². The lowest BCUT2D eigenvalue weighted by Crippen LogP contribution is -2.28. The first-order valence-corrected chi connectivity index (χ1v) is 13.5. The van der Waals surface area contributed by atoms with E-state index in [1.807, 2.05) is 6.92 Å². The Hall–Kier alpha value is 1.20. The summed E-state index contributed by atoms with van der Waals surface area (Å²) in [5.74, 6) is 0.409. The van der Waals surface area contributed by atoms with Crippen LogP contribution in [-0.2, 0) is 22.6 Å². The van der Waals surface area contributed by atoms with Crippen LogP contribution in [0.25, 0.3) is 0 Å². The summed E-state index contributed by atoms with van der Waals surface area (Å²) in [5, 5.41) is 0. The summed E-state index contributed by atoms with van der Waals surface area (Å²) >= 11 is 2.04. The Morgan fingerprint density at radius 1 is 1.15 bits per heavy atom. The summed E-state index contributed by atoms with van der Waals surface area (Å²) in [4.78, 5) is 11.4. The van der Waals surface area contributed by atoms with Crippen molar-refractivity contribution in [1.29, 1.82) is 5.23 Å². The van der Waals surface area contributed by atoms with Crippen LogP contribution in [0.3, 0.4) is 0 Å². The number of hydrogen-bond donors (Lipinski definition) is 0. The van der Waals surface area contributed by atoms with Gasteiger partial charge in [0.25, 0.3) is 0 Å². The Balaban J connectivity index is 0.000000311. The van der Waals surface area contributed by atoms with Crippen LogP contribution in [0, 0.1) is 17.3 Å². The van der Waals surface area contributed by atoms with Gasteiger partial charge in [0.1, 0.15) is 21.2 Å². The smallest absolute Gasteiger partial charge is 0.166 e. The van der Waals surface area contributed by atoms with Crippen molar-refractivity contribution in [2.24, 2.45) is 17.3 Å². The second kappa shape index (κ2) is 12.8. The Bertz CT molecular complexity index is 564. The fraction of sp³-hybridized carbons (Fsp3) is 0.938. The molecule has 0 aromatic rings. The van der Waals surface area contributed by atoms with E-state index < -0.39 is 15.2 Å². The van der Waals surface area contributed by atoms with Crippen molar-refractivity contribution in [3.63, 3.8) is 0 Å². The normalized spacial score (nSPS) is 39.3. The fourth-order valence-corrected chi connectivity index (χ4v) is 4.27. The molecule has 5 nitrogen and oxygen atoms in total. The van der Waals surface area contributed by atoms with Crippen molar-refractivity contribution >= 4 is 59.4 Å². The van der Waals surface area contributed by atoms with Gasteiger partial charge in [-0.25, -0.2) is 0 Å². The first kappa shape index (κ1) is 20.1. The van der Waals surface area contributed by atoms with Crippen LogP contribution in [0.15, 0.2) is 0 Å². The largest absolute Gasteiger partial charge is 0.372 e. The third-order valence-corrected chi connectivity index (χ3v) is 7.40. The molecule has 2 radical (unpaired) electrons. The minimum atomic E-state index is -1.29. The van der Waals surface area contributed by atoms with Crippen LogP contribution in [0.4, 0.5) is 0 Å². The van der Waals surface area contributed by atoms with Gasteiger partial charge in [0.2, 0.25) is 0 Å². The molecule has 2 aliphatic heterocycles. The molecule has 27 heavy (non-hydrogen) atoms. The van der Waals surface area contributed by atoms with Gasteiger partial charge in [-0.3, -0.25) is 4.79 Å². The van der Waals surface area contributed by atoms with E-state index in [0.717, 1.165) is 38.4 Å². The predicted molar refractivity (Wildman–Crippen MR) is 124 cm³/mol. The van der Waals surface area contributed by atoms with Gasteiger partial charge in [-0.15, -0.1) is 0 Å². The third kappa shape index (κ3) is 7.75. The fourth-order valence-electron chi connectivity index (χ4n) is 3.03. The molecule has 2 rings (SSSR count). The average molecular weight is 458 g/mol. The second-order valence-electron chi connectivity index (χ2n) is 7.36. The van der Waals surface area contributed by atoms with E-state index in [-0.39, 0.29) is 41.5 Å². The van der Waals surface area contributed by atoms with Crippen molar-refractivity contribution in [3.8, 4) is 0 Å². The van der Waals surface area contributed by atoms with E-state index in [1.165, 1.54) is 0 Å². The van der Waals surface area contributed by atoms with Crippen LogP contribution in [0.5, 0.6) is 0 Å². The third-order valence-electron chi connectivity index (χ3n) is 5.60. The molecule has 6 unspecified atom stereocenters.